The summed E-state index contributed by atoms with van der Waals surface area (Å²) >= 11 is 7.72. The normalized spacial score (nSPS) is 10.2. The van der Waals surface area contributed by atoms with E-state index in [2.05, 4.69) is 6.07 Å². The molecule has 3 aromatic rings. The maximum atomic E-state index is 9.05. The van der Waals surface area contributed by atoms with Gasteiger partial charge in [-0.2, -0.15) is 5.26 Å². The van der Waals surface area contributed by atoms with E-state index >= 15 is 0 Å². The molecular weight excluding hydrogens is 366 g/mol. The minimum atomic E-state index is 0.472. The lowest BCUT2D eigenvalue weighted by molar-refractivity contribution is 0.284. The summed E-state index contributed by atoms with van der Waals surface area (Å²) in [5.74, 6) is 1.33. The average molecular weight is 382 g/mol. The Balaban J connectivity index is 1.77. The summed E-state index contributed by atoms with van der Waals surface area (Å²) in [6.07, 6.45) is 0. The van der Waals surface area contributed by atoms with Crippen LogP contribution in [0.2, 0.25) is 5.02 Å². The van der Waals surface area contributed by atoms with Gasteiger partial charge in [0, 0.05) is 9.79 Å². The predicted octanol–water partition coefficient (Wildman–Crippen LogP) is 5.95. The van der Waals surface area contributed by atoms with Gasteiger partial charge in [-0.1, -0.05) is 53.7 Å². The Bertz CT molecular complexity index is 938. The van der Waals surface area contributed by atoms with Crippen LogP contribution in [0.5, 0.6) is 11.5 Å². The van der Waals surface area contributed by atoms with Crippen molar-refractivity contribution in [2.24, 2.45) is 0 Å². The van der Waals surface area contributed by atoms with Gasteiger partial charge < -0.3 is 9.47 Å². The van der Waals surface area contributed by atoms with Crippen molar-refractivity contribution in [3.63, 3.8) is 0 Å². The van der Waals surface area contributed by atoms with Gasteiger partial charge in [-0.25, -0.2) is 0 Å². The highest BCUT2D eigenvalue weighted by atomic mass is 35.5. The summed E-state index contributed by atoms with van der Waals surface area (Å²) in [6.45, 7) is 0.472. The number of hydrogen-bond acceptors (Lipinski definition) is 4. The standard InChI is InChI=1S/C21H16ClNO2S/c1-24-20-12-17(26-21-11-16(13-23)7-9-18(21)22)8-10-19(20)25-14-15-5-3-2-4-6-15/h2-12H,14H2,1H3. The summed E-state index contributed by atoms with van der Waals surface area (Å²) < 4.78 is 11.3. The summed E-state index contributed by atoms with van der Waals surface area (Å²) in [5.41, 5.74) is 1.67. The average Bonchev–Trinajstić information content (AvgIpc) is 2.69. The van der Waals surface area contributed by atoms with Gasteiger partial charge in [0.25, 0.3) is 0 Å². The van der Waals surface area contributed by atoms with Crippen LogP contribution in [-0.2, 0) is 6.61 Å². The second-order valence-electron chi connectivity index (χ2n) is 5.45. The van der Waals surface area contributed by atoms with Crippen molar-refractivity contribution >= 4 is 23.4 Å². The highest BCUT2D eigenvalue weighted by Gasteiger charge is 2.10. The van der Waals surface area contributed by atoms with E-state index in [1.54, 1.807) is 25.3 Å². The first-order valence-corrected chi connectivity index (χ1v) is 9.11. The van der Waals surface area contributed by atoms with Crippen molar-refractivity contribution in [3.8, 4) is 17.6 Å². The molecule has 5 heteroatoms. The number of benzene rings is 3. The number of ether oxygens (including phenoxy) is 2. The fourth-order valence-corrected chi connectivity index (χ4v) is 3.48. The number of nitrogens with zero attached hydrogens (tertiary/aromatic N) is 1. The topological polar surface area (TPSA) is 42.2 Å². The molecule has 3 nitrogen and oxygen atoms in total. The maximum absolute atomic E-state index is 9.05. The number of halogens is 1. The van der Waals surface area contributed by atoms with Gasteiger partial charge in [-0.15, -0.1) is 0 Å². The minimum Gasteiger partial charge on any atom is -0.493 e. The molecule has 0 fully saturated rings. The molecule has 0 aromatic heterocycles. The van der Waals surface area contributed by atoms with Crippen LogP contribution >= 0.6 is 23.4 Å². The molecule has 3 rings (SSSR count). The molecule has 0 aliphatic heterocycles. The molecule has 0 radical (unpaired) electrons. The van der Waals surface area contributed by atoms with Gasteiger partial charge in [-0.05, 0) is 42.0 Å². The maximum Gasteiger partial charge on any atom is 0.161 e. The first kappa shape index (κ1) is 18.2. The molecule has 0 N–H and O–H groups in total. The molecule has 130 valence electrons. The third kappa shape index (κ3) is 4.51. The van der Waals surface area contributed by atoms with Crippen LogP contribution in [-0.4, -0.2) is 7.11 Å². The van der Waals surface area contributed by atoms with E-state index in [1.807, 2.05) is 48.5 Å². The molecule has 0 bridgehead atoms. The molecule has 3 aromatic carbocycles. The largest absolute Gasteiger partial charge is 0.493 e. The van der Waals surface area contributed by atoms with Crippen molar-refractivity contribution in [2.75, 3.05) is 7.11 Å². The minimum absolute atomic E-state index is 0.472. The predicted molar refractivity (Wildman–Crippen MR) is 104 cm³/mol. The van der Waals surface area contributed by atoms with E-state index in [0.717, 1.165) is 15.4 Å². The summed E-state index contributed by atoms with van der Waals surface area (Å²) in [7, 11) is 1.61. The van der Waals surface area contributed by atoms with Gasteiger partial charge in [0.2, 0.25) is 0 Å². The Morgan fingerprint density at radius 1 is 1.00 bits per heavy atom. The van der Waals surface area contributed by atoms with Gasteiger partial charge in [-0.3, -0.25) is 0 Å². The van der Waals surface area contributed by atoms with Crippen LogP contribution < -0.4 is 9.47 Å². The lowest BCUT2D eigenvalue weighted by Gasteiger charge is -2.12. The van der Waals surface area contributed by atoms with Crippen molar-refractivity contribution in [3.05, 3.63) is 82.9 Å². The zero-order chi connectivity index (χ0) is 18.4. The summed E-state index contributed by atoms with van der Waals surface area (Å²) in [4.78, 5) is 1.77. The zero-order valence-corrected chi connectivity index (χ0v) is 15.7. The first-order chi connectivity index (χ1) is 12.7. The number of hydrogen-bond donors (Lipinski definition) is 0. The van der Waals surface area contributed by atoms with Crippen molar-refractivity contribution < 1.29 is 9.47 Å². The highest BCUT2D eigenvalue weighted by molar-refractivity contribution is 7.99. The van der Waals surface area contributed by atoms with Gasteiger partial charge >= 0.3 is 0 Å². The molecule has 0 saturated carbocycles. The second-order valence-corrected chi connectivity index (χ2v) is 6.97. The molecule has 0 unspecified atom stereocenters. The molecule has 0 heterocycles. The lowest BCUT2D eigenvalue weighted by Crippen LogP contribution is -1.97. The van der Waals surface area contributed by atoms with E-state index in [9.17, 15) is 0 Å². The van der Waals surface area contributed by atoms with E-state index in [1.165, 1.54) is 11.8 Å². The molecule has 0 atom stereocenters. The Hall–Kier alpha value is -2.61. The van der Waals surface area contributed by atoms with Crippen molar-refractivity contribution in [1.29, 1.82) is 5.26 Å². The Labute approximate surface area is 162 Å². The zero-order valence-electron chi connectivity index (χ0n) is 14.1. The van der Waals surface area contributed by atoms with E-state index in [-0.39, 0.29) is 0 Å². The fourth-order valence-electron chi connectivity index (χ4n) is 2.34. The van der Waals surface area contributed by atoms with Crippen LogP contribution in [0.15, 0.2) is 76.5 Å². The molecule has 0 aliphatic rings. The Morgan fingerprint density at radius 2 is 1.81 bits per heavy atom. The smallest absolute Gasteiger partial charge is 0.161 e. The Kier molecular flexibility index (Phi) is 6.06. The van der Waals surface area contributed by atoms with E-state index in [4.69, 9.17) is 26.3 Å². The quantitative estimate of drug-likeness (QED) is 0.529. The van der Waals surface area contributed by atoms with Crippen LogP contribution in [0.3, 0.4) is 0 Å². The van der Waals surface area contributed by atoms with Crippen molar-refractivity contribution in [1.82, 2.24) is 0 Å². The molecule has 0 aliphatic carbocycles. The molecular formula is C21H16ClNO2S. The third-order valence-corrected chi connectivity index (χ3v) is 5.15. The van der Waals surface area contributed by atoms with Crippen LogP contribution in [0.4, 0.5) is 0 Å². The fraction of sp³-hybridized carbons (Fsp3) is 0.0952. The van der Waals surface area contributed by atoms with Gasteiger partial charge in [0.1, 0.15) is 6.61 Å². The van der Waals surface area contributed by atoms with E-state index < -0.39 is 0 Å². The SMILES string of the molecule is COc1cc(Sc2cc(C#N)ccc2Cl)ccc1OCc1ccccc1. The van der Waals surface area contributed by atoms with Crippen LogP contribution in [0, 0.1) is 11.3 Å². The number of methoxy groups -OCH3 is 1. The summed E-state index contributed by atoms with van der Waals surface area (Å²) in [6, 6.07) is 23.0. The molecule has 0 spiro atoms. The lowest BCUT2D eigenvalue weighted by atomic mass is 10.2. The van der Waals surface area contributed by atoms with Crippen LogP contribution in [0.25, 0.3) is 0 Å². The van der Waals surface area contributed by atoms with Gasteiger partial charge in [0.15, 0.2) is 11.5 Å². The molecule has 0 amide bonds. The Morgan fingerprint density at radius 3 is 2.54 bits per heavy atom. The third-order valence-electron chi connectivity index (χ3n) is 3.66. The van der Waals surface area contributed by atoms with Gasteiger partial charge in [0.05, 0.1) is 23.8 Å². The monoisotopic (exact) mass is 381 g/mol. The number of nitriles is 1. The van der Waals surface area contributed by atoms with Crippen LogP contribution in [0.1, 0.15) is 11.1 Å². The summed E-state index contributed by atoms with van der Waals surface area (Å²) in [5, 5.41) is 9.66. The second kappa shape index (κ2) is 8.66. The van der Waals surface area contributed by atoms with E-state index in [0.29, 0.717) is 28.7 Å². The highest BCUT2D eigenvalue weighted by Crippen LogP contribution is 2.38. The molecule has 0 saturated heterocycles. The molecule has 26 heavy (non-hydrogen) atoms. The van der Waals surface area contributed by atoms with Crippen molar-refractivity contribution in [2.45, 2.75) is 16.4 Å². The number of rotatable bonds is 6. The first-order valence-electron chi connectivity index (χ1n) is 7.92.